The van der Waals surface area contributed by atoms with Gasteiger partial charge in [0, 0.05) is 10.5 Å². The second kappa shape index (κ2) is 7.82. The fourth-order valence-electron chi connectivity index (χ4n) is 2.36. The summed E-state index contributed by atoms with van der Waals surface area (Å²) >= 11 is 9.60. The average molecular weight is 353 g/mol. The van der Waals surface area contributed by atoms with Gasteiger partial charge in [-0.05, 0) is 65.5 Å². The van der Waals surface area contributed by atoms with Gasteiger partial charge in [0.05, 0.1) is 5.02 Å². The fraction of sp³-hybridized carbons (Fsp3) is 0.294. The molecule has 0 aliphatic carbocycles. The Morgan fingerprint density at radius 1 is 1.15 bits per heavy atom. The van der Waals surface area contributed by atoms with Crippen LogP contribution in [0.15, 0.2) is 53.0 Å². The number of nitrogens with one attached hydrogen (secondary N) is 1. The smallest absolute Gasteiger partial charge is 0.0551 e. The van der Waals surface area contributed by atoms with Crippen molar-refractivity contribution in [1.29, 1.82) is 0 Å². The lowest BCUT2D eigenvalue weighted by atomic mass is 9.99. The predicted octanol–water partition coefficient (Wildman–Crippen LogP) is 5.39. The maximum atomic E-state index is 6.17. The monoisotopic (exact) mass is 351 g/mol. The third kappa shape index (κ3) is 4.34. The highest BCUT2D eigenvalue weighted by atomic mass is 79.9. The number of rotatable bonds is 6. The number of halogens is 2. The van der Waals surface area contributed by atoms with Crippen LogP contribution in [0.25, 0.3) is 0 Å². The molecule has 0 aliphatic rings. The molecule has 0 heterocycles. The Kier molecular flexibility index (Phi) is 6.08. The molecule has 3 heteroatoms. The summed E-state index contributed by atoms with van der Waals surface area (Å²) in [6.07, 6.45) is 3.37. The van der Waals surface area contributed by atoms with Crippen molar-refractivity contribution in [3.05, 3.63) is 69.2 Å². The van der Waals surface area contributed by atoms with E-state index in [4.69, 9.17) is 11.6 Å². The largest absolute Gasteiger partial charge is 0.313 e. The lowest BCUT2D eigenvalue weighted by molar-refractivity contribution is 0.527. The van der Waals surface area contributed by atoms with Gasteiger partial charge in [-0.2, -0.15) is 0 Å². The van der Waals surface area contributed by atoms with Gasteiger partial charge >= 0.3 is 0 Å². The van der Waals surface area contributed by atoms with E-state index in [9.17, 15) is 0 Å². The molecule has 0 aliphatic heterocycles. The van der Waals surface area contributed by atoms with Crippen molar-refractivity contribution in [1.82, 2.24) is 5.32 Å². The number of hydrogen-bond acceptors (Lipinski definition) is 1. The third-order valence-electron chi connectivity index (χ3n) is 3.50. The molecule has 1 nitrogen and oxygen atoms in total. The summed E-state index contributed by atoms with van der Waals surface area (Å²) in [5.41, 5.74) is 2.64. The van der Waals surface area contributed by atoms with Crippen molar-refractivity contribution in [2.75, 3.05) is 7.05 Å². The zero-order valence-electron chi connectivity index (χ0n) is 11.6. The van der Waals surface area contributed by atoms with Gasteiger partial charge in [0.25, 0.3) is 0 Å². The van der Waals surface area contributed by atoms with Gasteiger partial charge < -0.3 is 5.32 Å². The molecule has 106 valence electrons. The average Bonchev–Trinajstić information content (AvgIpc) is 2.48. The van der Waals surface area contributed by atoms with E-state index in [-0.39, 0.29) is 0 Å². The summed E-state index contributed by atoms with van der Waals surface area (Å²) in [5, 5.41) is 4.15. The minimum absolute atomic E-state index is 0.351. The molecule has 0 spiro atoms. The van der Waals surface area contributed by atoms with Crippen LogP contribution in [0, 0.1) is 0 Å². The topological polar surface area (TPSA) is 12.0 Å². The Morgan fingerprint density at radius 3 is 2.55 bits per heavy atom. The molecular formula is C17H19BrClN. The van der Waals surface area contributed by atoms with Crippen LogP contribution in [-0.4, -0.2) is 7.05 Å². The number of aryl methyl sites for hydroxylation is 1. The first-order valence-corrected chi connectivity index (χ1v) is 8.04. The maximum Gasteiger partial charge on any atom is 0.0551 e. The van der Waals surface area contributed by atoms with Gasteiger partial charge in [-0.1, -0.05) is 48.0 Å². The molecule has 0 radical (unpaired) electrons. The molecule has 0 aromatic heterocycles. The summed E-state index contributed by atoms with van der Waals surface area (Å²) in [4.78, 5) is 0. The molecule has 1 atom stereocenters. The molecule has 2 aromatic carbocycles. The maximum absolute atomic E-state index is 6.17. The summed E-state index contributed by atoms with van der Waals surface area (Å²) in [7, 11) is 2.00. The van der Waals surface area contributed by atoms with E-state index in [1.165, 1.54) is 11.1 Å². The molecule has 2 aromatic rings. The van der Waals surface area contributed by atoms with Crippen LogP contribution in [-0.2, 0) is 6.42 Å². The Bertz CT molecular complexity index is 542. The van der Waals surface area contributed by atoms with E-state index in [1.807, 2.05) is 19.2 Å². The summed E-state index contributed by atoms with van der Waals surface area (Å²) in [6, 6.07) is 17.1. The minimum atomic E-state index is 0.351. The summed E-state index contributed by atoms with van der Waals surface area (Å²) in [5.74, 6) is 0. The van der Waals surface area contributed by atoms with Crippen molar-refractivity contribution in [2.24, 2.45) is 0 Å². The highest BCUT2D eigenvalue weighted by molar-refractivity contribution is 9.10. The third-order valence-corrected chi connectivity index (χ3v) is 4.73. The molecule has 0 bridgehead atoms. The Balaban J connectivity index is 1.93. The molecule has 0 saturated carbocycles. The molecule has 0 amide bonds. The number of benzene rings is 2. The SMILES string of the molecule is CNC(CCCc1ccccc1)c1ccc(Br)c(Cl)c1. The summed E-state index contributed by atoms with van der Waals surface area (Å²) in [6.45, 7) is 0. The first-order chi connectivity index (χ1) is 9.70. The van der Waals surface area contributed by atoms with Crippen molar-refractivity contribution in [2.45, 2.75) is 25.3 Å². The van der Waals surface area contributed by atoms with E-state index >= 15 is 0 Å². The second-order valence-electron chi connectivity index (χ2n) is 4.89. The van der Waals surface area contributed by atoms with Crippen LogP contribution in [0.2, 0.25) is 5.02 Å². The van der Waals surface area contributed by atoms with Crippen LogP contribution in [0.4, 0.5) is 0 Å². The van der Waals surface area contributed by atoms with Crippen molar-refractivity contribution in [3.63, 3.8) is 0 Å². The highest BCUT2D eigenvalue weighted by Gasteiger charge is 2.10. The Labute approximate surface area is 134 Å². The minimum Gasteiger partial charge on any atom is -0.313 e. The van der Waals surface area contributed by atoms with E-state index in [2.05, 4.69) is 57.6 Å². The van der Waals surface area contributed by atoms with Gasteiger partial charge in [0.15, 0.2) is 0 Å². The molecular weight excluding hydrogens is 334 g/mol. The van der Waals surface area contributed by atoms with E-state index in [0.29, 0.717) is 6.04 Å². The van der Waals surface area contributed by atoms with E-state index in [1.54, 1.807) is 0 Å². The molecule has 1 N–H and O–H groups in total. The van der Waals surface area contributed by atoms with Gasteiger partial charge in [-0.25, -0.2) is 0 Å². The first kappa shape index (κ1) is 15.6. The van der Waals surface area contributed by atoms with Gasteiger partial charge in [-0.15, -0.1) is 0 Å². The zero-order chi connectivity index (χ0) is 14.4. The molecule has 20 heavy (non-hydrogen) atoms. The highest BCUT2D eigenvalue weighted by Crippen LogP contribution is 2.28. The molecule has 0 saturated heterocycles. The zero-order valence-corrected chi connectivity index (χ0v) is 13.9. The first-order valence-electron chi connectivity index (χ1n) is 6.87. The lowest BCUT2D eigenvalue weighted by Gasteiger charge is -2.17. The quantitative estimate of drug-likeness (QED) is 0.735. The second-order valence-corrected chi connectivity index (χ2v) is 6.15. The Morgan fingerprint density at radius 2 is 1.90 bits per heavy atom. The fourth-order valence-corrected chi connectivity index (χ4v) is 2.80. The van der Waals surface area contributed by atoms with Crippen LogP contribution < -0.4 is 5.32 Å². The van der Waals surface area contributed by atoms with Crippen LogP contribution in [0.5, 0.6) is 0 Å². The van der Waals surface area contributed by atoms with Crippen LogP contribution in [0.1, 0.15) is 30.0 Å². The van der Waals surface area contributed by atoms with Crippen molar-refractivity contribution < 1.29 is 0 Å². The van der Waals surface area contributed by atoms with Gasteiger partial charge in [0.1, 0.15) is 0 Å². The standard InChI is InChI=1S/C17H19BrClN/c1-20-17(14-10-11-15(18)16(19)12-14)9-5-8-13-6-3-2-4-7-13/h2-4,6-7,10-12,17,20H,5,8-9H2,1H3. The van der Waals surface area contributed by atoms with Crippen LogP contribution >= 0.6 is 27.5 Å². The van der Waals surface area contributed by atoms with E-state index < -0.39 is 0 Å². The van der Waals surface area contributed by atoms with E-state index in [0.717, 1.165) is 28.8 Å². The predicted molar refractivity (Wildman–Crippen MR) is 90.3 cm³/mol. The molecule has 2 rings (SSSR count). The Hall–Kier alpha value is -0.830. The number of hydrogen-bond donors (Lipinski definition) is 1. The van der Waals surface area contributed by atoms with Crippen molar-refractivity contribution >= 4 is 27.5 Å². The molecule has 0 fully saturated rings. The van der Waals surface area contributed by atoms with Gasteiger partial charge in [0.2, 0.25) is 0 Å². The lowest BCUT2D eigenvalue weighted by Crippen LogP contribution is -2.16. The van der Waals surface area contributed by atoms with Crippen LogP contribution in [0.3, 0.4) is 0 Å². The normalized spacial score (nSPS) is 12.3. The molecule has 1 unspecified atom stereocenters. The van der Waals surface area contributed by atoms with Crippen molar-refractivity contribution in [3.8, 4) is 0 Å². The summed E-state index contributed by atoms with van der Waals surface area (Å²) < 4.78 is 0.946. The van der Waals surface area contributed by atoms with Gasteiger partial charge in [-0.3, -0.25) is 0 Å².